The van der Waals surface area contributed by atoms with Gasteiger partial charge in [0.05, 0.1) is 12.3 Å². The molecule has 0 aliphatic rings. The standard InChI is InChI=1S/C13H19N3O/c1-2-3-9-17-12-5-4-8-16-10-11(6-7-14)15-13(12)16/h4-5,8,10H,2-3,6-7,9,14H2,1H3. The number of imidazole rings is 1. The molecule has 2 aromatic rings. The second-order valence-electron chi connectivity index (χ2n) is 4.08. The first-order valence-electron chi connectivity index (χ1n) is 6.14. The molecule has 0 aromatic carbocycles. The van der Waals surface area contributed by atoms with Crippen LogP contribution in [0.1, 0.15) is 25.5 Å². The Morgan fingerprint density at radius 1 is 1.47 bits per heavy atom. The summed E-state index contributed by atoms with van der Waals surface area (Å²) >= 11 is 0. The molecule has 0 radical (unpaired) electrons. The molecular formula is C13H19N3O. The number of aromatic nitrogens is 2. The van der Waals surface area contributed by atoms with Gasteiger partial charge in [0.25, 0.3) is 0 Å². The second kappa shape index (κ2) is 5.68. The summed E-state index contributed by atoms with van der Waals surface area (Å²) in [6, 6.07) is 3.94. The lowest BCUT2D eigenvalue weighted by Gasteiger charge is -2.05. The number of nitrogens with two attached hydrogens (primary N) is 1. The number of nitrogens with zero attached hydrogens (tertiary/aromatic N) is 2. The van der Waals surface area contributed by atoms with Gasteiger partial charge in [-0.15, -0.1) is 0 Å². The fourth-order valence-electron chi connectivity index (χ4n) is 1.75. The first-order chi connectivity index (χ1) is 8.35. The fraction of sp³-hybridized carbons (Fsp3) is 0.462. The van der Waals surface area contributed by atoms with Gasteiger partial charge < -0.3 is 14.9 Å². The smallest absolute Gasteiger partial charge is 0.179 e. The van der Waals surface area contributed by atoms with Crippen LogP contribution in [0.25, 0.3) is 5.65 Å². The first-order valence-corrected chi connectivity index (χ1v) is 6.14. The first kappa shape index (κ1) is 11.9. The highest BCUT2D eigenvalue weighted by Crippen LogP contribution is 2.19. The molecular weight excluding hydrogens is 214 g/mol. The van der Waals surface area contributed by atoms with Gasteiger partial charge in [-0.2, -0.15) is 0 Å². The zero-order valence-electron chi connectivity index (χ0n) is 10.2. The molecule has 2 aromatic heterocycles. The van der Waals surface area contributed by atoms with Crippen LogP contribution in [-0.2, 0) is 6.42 Å². The van der Waals surface area contributed by atoms with Crippen LogP contribution in [0.5, 0.6) is 5.75 Å². The van der Waals surface area contributed by atoms with E-state index in [-0.39, 0.29) is 0 Å². The normalized spacial score (nSPS) is 10.9. The summed E-state index contributed by atoms with van der Waals surface area (Å²) in [7, 11) is 0. The summed E-state index contributed by atoms with van der Waals surface area (Å²) in [5.41, 5.74) is 7.43. The zero-order valence-corrected chi connectivity index (χ0v) is 10.2. The molecule has 2 N–H and O–H groups in total. The number of fused-ring (bicyclic) bond motifs is 1. The summed E-state index contributed by atoms with van der Waals surface area (Å²) in [4.78, 5) is 4.54. The maximum absolute atomic E-state index is 5.74. The third-order valence-corrected chi connectivity index (χ3v) is 2.65. The maximum atomic E-state index is 5.74. The second-order valence-corrected chi connectivity index (χ2v) is 4.08. The van der Waals surface area contributed by atoms with Crippen LogP contribution in [0.3, 0.4) is 0 Å². The average molecular weight is 233 g/mol. The van der Waals surface area contributed by atoms with Crippen LogP contribution in [-0.4, -0.2) is 22.5 Å². The fourth-order valence-corrected chi connectivity index (χ4v) is 1.75. The van der Waals surface area contributed by atoms with Crippen LogP contribution >= 0.6 is 0 Å². The van der Waals surface area contributed by atoms with Crippen LogP contribution in [0.4, 0.5) is 0 Å². The van der Waals surface area contributed by atoms with Crippen LogP contribution in [0, 0.1) is 0 Å². The van der Waals surface area contributed by atoms with Crippen molar-refractivity contribution in [2.45, 2.75) is 26.2 Å². The summed E-state index contributed by atoms with van der Waals surface area (Å²) in [6.07, 6.45) is 6.99. The van der Waals surface area contributed by atoms with E-state index in [2.05, 4.69) is 11.9 Å². The van der Waals surface area contributed by atoms with E-state index >= 15 is 0 Å². The number of hydrogen-bond donors (Lipinski definition) is 1. The van der Waals surface area contributed by atoms with Crippen LogP contribution in [0.15, 0.2) is 24.5 Å². The van der Waals surface area contributed by atoms with Crippen LogP contribution in [0.2, 0.25) is 0 Å². The highest BCUT2D eigenvalue weighted by molar-refractivity contribution is 5.54. The number of rotatable bonds is 6. The van der Waals surface area contributed by atoms with Gasteiger partial charge in [0, 0.05) is 18.8 Å². The van der Waals surface area contributed by atoms with Crippen molar-refractivity contribution >= 4 is 5.65 Å². The van der Waals surface area contributed by atoms with Crippen molar-refractivity contribution in [2.24, 2.45) is 5.73 Å². The Bertz CT molecular complexity index is 478. The van der Waals surface area contributed by atoms with E-state index in [0.717, 1.165) is 43.0 Å². The molecule has 0 unspecified atom stereocenters. The van der Waals surface area contributed by atoms with Gasteiger partial charge in [-0.05, 0) is 25.1 Å². The van der Waals surface area contributed by atoms with Crippen molar-refractivity contribution in [3.63, 3.8) is 0 Å². The van der Waals surface area contributed by atoms with Crippen molar-refractivity contribution in [3.05, 3.63) is 30.2 Å². The topological polar surface area (TPSA) is 52.5 Å². The highest BCUT2D eigenvalue weighted by Gasteiger charge is 2.06. The van der Waals surface area contributed by atoms with E-state index < -0.39 is 0 Å². The van der Waals surface area contributed by atoms with Crippen molar-refractivity contribution in [1.29, 1.82) is 0 Å². The largest absolute Gasteiger partial charge is 0.490 e. The average Bonchev–Trinajstić information content (AvgIpc) is 2.73. The molecule has 0 fully saturated rings. The van der Waals surface area contributed by atoms with Crippen LogP contribution < -0.4 is 10.5 Å². The van der Waals surface area contributed by atoms with Gasteiger partial charge in [-0.25, -0.2) is 4.98 Å². The molecule has 2 heterocycles. The van der Waals surface area contributed by atoms with E-state index in [1.54, 1.807) is 0 Å². The lowest BCUT2D eigenvalue weighted by atomic mass is 10.3. The molecule has 0 saturated carbocycles. The number of hydrogen-bond acceptors (Lipinski definition) is 3. The third-order valence-electron chi connectivity index (χ3n) is 2.65. The molecule has 0 saturated heterocycles. The van der Waals surface area contributed by atoms with Gasteiger partial charge in [0.2, 0.25) is 0 Å². The molecule has 4 nitrogen and oxygen atoms in total. The van der Waals surface area contributed by atoms with Crippen molar-refractivity contribution in [2.75, 3.05) is 13.2 Å². The Morgan fingerprint density at radius 2 is 2.35 bits per heavy atom. The predicted octanol–water partition coefficient (Wildman–Crippen LogP) is 2.01. The Balaban J connectivity index is 2.22. The Labute approximate surface area is 101 Å². The molecule has 17 heavy (non-hydrogen) atoms. The summed E-state index contributed by atoms with van der Waals surface area (Å²) < 4.78 is 7.73. The van der Waals surface area contributed by atoms with Gasteiger partial charge in [-0.3, -0.25) is 0 Å². The molecule has 4 heteroatoms. The van der Waals surface area contributed by atoms with E-state index in [1.807, 2.05) is 28.9 Å². The van der Waals surface area contributed by atoms with Gasteiger partial charge in [-0.1, -0.05) is 13.3 Å². The molecule has 0 aliphatic heterocycles. The highest BCUT2D eigenvalue weighted by atomic mass is 16.5. The number of ether oxygens (including phenoxy) is 1. The Hall–Kier alpha value is -1.55. The summed E-state index contributed by atoms with van der Waals surface area (Å²) in [5.74, 6) is 0.851. The van der Waals surface area contributed by atoms with Gasteiger partial charge >= 0.3 is 0 Å². The van der Waals surface area contributed by atoms with E-state index in [1.165, 1.54) is 0 Å². The number of pyridine rings is 1. The molecule has 0 aliphatic carbocycles. The molecule has 0 amide bonds. The minimum Gasteiger partial charge on any atom is -0.490 e. The molecule has 0 bridgehead atoms. The maximum Gasteiger partial charge on any atom is 0.179 e. The van der Waals surface area contributed by atoms with E-state index in [0.29, 0.717) is 6.54 Å². The summed E-state index contributed by atoms with van der Waals surface area (Å²) in [5, 5.41) is 0. The Kier molecular flexibility index (Phi) is 3.98. The van der Waals surface area contributed by atoms with E-state index in [4.69, 9.17) is 10.5 Å². The van der Waals surface area contributed by atoms with E-state index in [9.17, 15) is 0 Å². The quantitative estimate of drug-likeness (QED) is 0.776. The lowest BCUT2D eigenvalue weighted by Crippen LogP contribution is -2.02. The van der Waals surface area contributed by atoms with Gasteiger partial charge in [0.15, 0.2) is 11.4 Å². The van der Waals surface area contributed by atoms with Gasteiger partial charge in [0.1, 0.15) is 0 Å². The minimum absolute atomic E-state index is 0.621. The SMILES string of the molecule is CCCCOc1cccn2cc(CCN)nc12. The Morgan fingerprint density at radius 3 is 3.12 bits per heavy atom. The predicted molar refractivity (Wildman–Crippen MR) is 68.4 cm³/mol. The monoisotopic (exact) mass is 233 g/mol. The molecule has 0 spiro atoms. The third kappa shape index (κ3) is 2.77. The molecule has 0 atom stereocenters. The molecule has 92 valence electrons. The lowest BCUT2D eigenvalue weighted by molar-refractivity contribution is 0.311. The minimum atomic E-state index is 0.621. The number of unbranched alkanes of at least 4 members (excludes halogenated alkanes) is 1. The zero-order chi connectivity index (χ0) is 12.1. The van der Waals surface area contributed by atoms with Crippen molar-refractivity contribution in [3.8, 4) is 5.75 Å². The molecule has 2 rings (SSSR count). The van der Waals surface area contributed by atoms with Crippen molar-refractivity contribution in [1.82, 2.24) is 9.38 Å². The summed E-state index contributed by atoms with van der Waals surface area (Å²) in [6.45, 7) is 3.52. The van der Waals surface area contributed by atoms with Crippen molar-refractivity contribution < 1.29 is 4.74 Å².